The molecule has 1 aliphatic rings. The van der Waals surface area contributed by atoms with Crippen LogP contribution in [0.4, 0.5) is 11.5 Å². The van der Waals surface area contributed by atoms with E-state index in [-0.39, 0.29) is 5.56 Å². The van der Waals surface area contributed by atoms with Gasteiger partial charge in [-0.3, -0.25) is 15.0 Å². The van der Waals surface area contributed by atoms with Crippen molar-refractivity contribution >= 4 is 29.2 Å². The Morgan fingerprint density at radius 1 is 1.52 bits per heavy atom. The molecule has 1 aromatic rings. The number of hydrogen-bond donors (Lipinski definition) is 2. The van der Waals surface area contributed by atoms with E-state index in [0.717, 1.165) is 37.3 Å². The molecule has 114 valence electrons. The number of nitro groups is 1. The molecule has 8 nitrogen and oxygen atoms in total. The molecule has 0 aromatic carbocycles. The first-order chi connectivity index (χ1) is 10.1. The molecule has 1 fully saturated rings. The highest BCUT2D eigenvalue weighted by atomic mass is 32.2. The van der Waals surface area contributed by atoms with Gasteiger partial charge in [0.2, 0.25) is 0 Å². The van der Waals surface area contributed by atoms with E-state index < -0.39 is 16.6 Å². The van der Waals surface area contributed by atoms with Crippen LogP contribution in [-0.2, 0) is 0 Å². The second-order valence-corrected chi connectivity index (χ2v) is 5.75. The Labute approximate surface area is 125 Å². The Balaban J connectivity index is 1.95. The predicted octanol–water partition coefficient (Wildman–Crippen LogP) is 1.15. The molecule has 0 amide bonds. The van der Waals surface area contributed by atoms with Crippen LogP contribution >= 0.6 is 11.8 Å². The molecule has 0 bridgehead atoms. The standard InChI is InChI=1S/C12H16N4O4S/c17-12(18)9-7-11(14-8-10(9)16(19)20)13-1-2-15-3-5-21-6-4-15/h7-8H,1-6H2,(H,13,14)(H,17,18). The van der Waals surface area contributed by atoms with Crippen LogP contribution in [-0.4, -0.2) is 63.6 Å². The Bertz CT molecular complexity index is 534. The van der Waals surface area contributed by atoms with Crippen LogP contribution < -0.4 is 5.32 Å². The van der Waals surface area contributed by atoms with Gasteiger partial charge in [0.1, 0.15) is 17.6 Å². The quantitative estimate of drug-likeness (QED) is 0.595. The summed E-state index contributed by atoms with van der Waals surface area (Å²) >= 11 is 1.93. The zero-order valence-electron chi connectivity index (χ0n) is 11.3. The van der Waals surface area contributed by atoms with Crippen molar-refractivity contribution in [1.29, 1.82) is 0 Å². The minimum atomic E-state index is -1.33. The number of pyridine rings is 1. The molecule has 9 heteroatoms. The maximum atomic E-state index is 11.0. The second kappa shape index (κ2) is 7.23. The maximum Gasteiger partial charge on any atom is 0.342 e. The zero-order valence-corrected chi connectivity index (χ0v) is 12.1. The third-order valence-corrected chi connectivity index (χ3v) is 4.09. The molecular weight excluding hydrogens is 296 g/mol. The van der Waals surface area contributed by atoms with Gasteiger partial charge in [0.25, 0.3) is 0 Å². The van der Waals surface area contributed by atoms with Gasteiger partial charge < -0.3 is 10.4 Å². The number of anilines is 1. The first kappa shape index (κ1) is 15.5. The van der Waals surface area contributed by atoms with Crippen LogP contribution in [0.5, 0.6) is 0 Å². The molecule has 0 atom stereocenters. The summed E-state index contributed by atoms with van der Waals surface area (Å²) in [7, 11) is 0. The Morgan fingerprint density at radius 2 is 2.24 bits per heavy atom. The number of carboxylic acid groups (broad SMARTS) is 1. The topological polar surface area (TPSA) is 109 Å². The smallest absolute Gasteiger partial charge is 0.342 e. The zero-order chi connectivity index (χ0) is 15.2. The van der Waals surface area contributed by atoms with Crippen LogP contribution in [0, 0.1) is 10.1 Å². The van der Waals surface area contributed by atoms with E-state index in [0.29, 0.717) is 12.4 Å². The lowest BCUT2D eigenvalue weighted by Gasteiger charge is -2.26. The van der Waals surface area contributed by atoms with Crippen LogP contribution in [0.15, 0.2) is 12.3 Å². The van der Waals surface area contributed by atoms with Crippen LogP contribution in [0.25, 0.3) is 0 Å². The number of hydrogen-bond acceptors (Lipinski definition) is 7. The summed E-state index contributed by atoms with van der Waals surface area (Å²) in [5, 5.41) is 22.7. The third kappa shape index (κ3) is 4.30. The third-order valence-electron chi connectivity index (χ3n) is 3.15. The molecule has 1 aromatic heterocycles. The first-order valence-electron chi connectivity index (χ1n) is 6.49. The predicted molar refractivity (Wildman–Crippen MR) is 80.1 cm³/mol. The van der Waals surface area contributed by atoms with Gasteiger partial charge in [-0.2, -0.15) is 11.8 Å². The van der Waals surface area contributed by atoms with Crippen LogP contribution in [0.2, 0.25) is 0 Å². The van der Waals surface area contributed by atoms with Gasteiger partial charge >= 0.3 is 11.7 Å². The molecule has 2 N–H and O–H groups in total. The van der Waals surface area contributed by atoms with Crippen LogP contribution in [0.3, 0.4) is 0 Å². The molecule has 0 saturated carbocycles. The Morgan fingerprint density at radius 3 is 2.86 bits per heavy atom. The largest absolute Gasteiger partial charge is 0.477 e. The van der Waals surface area contributed by atoms with Gasteiger partial charge in [-0.05, 0) is 0 Å². The average Bonchev–Trinajstić information content (AvgIpc) is 2.48. The molecule has 1 aliphatic heterocycles. The molecule has 2 heterocycles. The fraction of sp³-hybridized carbons (Fsp3) is 0.500. The number of nitrogens with zero attached hydrogens (tertiary/aromatic N) is 3. The summed E-state index contributed by atoms with van der Waals surface area (Å²) in [6, 6.07) is 1.20. The molecule has 0 radical (unpaired) electrons. The number of carbonyl (C=O) groups is 1. The lowest BCUT2D eigenvalue weighted by molar-refractivity contribution is -0.385. The summed E-state index contributed by atoms with van der Waals surface area (Å²) in [5.74, 6) is 1.25. The highest BCUT2D eigenvalue weighted by Crippen LogP contribution is 2.20. The number of carboxylic acids is 1. The van der Waals surface area contributed by atoms with Crippen molar-refractivity contribution in [2.45, 2.75) is 0 Å². The Kier molecular flexibility index (Phi) is 5.34. The minimum absolute atomic E-state index is 0.337. The SMILES string of the molecule is O=C(O)c1cc(NCCN2CCSCC2)ncc1[N+](=O)[O-]. The summed E-state index contributed by atoms with van der Waals surface area (Å²) in [6.07, 6.45) is 0.976. The average molecular weight is 312 g/mol. The lowest BCUT2D eigenvalue weighted by atomic mass is 10.2. The minimum Gasteiger partial charge on any atom is -0.477 e. The highest BCUT2D eigenvalue weighted by Gasteiger charge is 2.21. The van der Waals surface area contributed by atoms with Crippen molar-refractivity contribution in [2.75, 3.05) is 43.0 Å². The molecule has 21 heavy (non-hydrogen) atoms. The number of aromatic nitrogens is 1. The van der Waals surface area contributed by atoms with E-state index in [4.69, 9.17) is 5.11 Å². The molecule has 0 spiro atoms. The molecule has 0 unspecified atom stereocenters. The molecule has 1 saturated heterocycles. The van der Waals surface area contributed by atoms with E-state index >= 15 is 0 Å². The normalized spacial score (nSPS) is 15.6. The first-order valence-corrected chi connectivity index (χ1v) is 7.65. The number of nitrogens with one attached hydrogen (secondary N) is 1. The lowest BCUT2D eigenvalue weighted by Crippen LogP contribution is -2.36. The number of rotatable bonds is 6. The van der Waals surface area contributed by atoms with Crippen LogP contribution in [0.1, 0.15) is 10.4 Å². The maximum absolute atomic E-state index is 11.0. The Hall–Kier alpha value is -1.87. The van der Waals surface area contributed by atoms with Crippen molar-refractivity contribution in [3.05, 3.63) is 27.9 Å². The van der Waals surface area contributed by atoms with Gasteiger partial charge in [-0.25, -0.2) is 9.78 Å². The highest BCUT2D eigenvalue weighted by molar-refractivity contribution is 7.99. The van der Waals surface area contributed by atoms with Crippen molar-refractivity contribution in [3.63, 3.8) is 0 Å². The van der Waals surface area contributed by atoms with Gasteiger partial charge in [-0.1, -0.05) is 0 Å². The van der Waals surface area contributed by atoms with Gasteiger partial charge in [0.15, 0.2) is 0 Å². The summed E-state index contributed by atoms with van der Waals surface area (Å²) in [4.78, 5) is 27.2. The van der Waals surface area contributed by atoms with Gasteiger partial charge in [0.05, 0.1) is 4.92 Å². The molecular formula is C12H16N4O4S. The van der Waals surface area contributed by atoms with Gasteiger partial charge in [-0.15, -0.1) is 0 Å². The van der Waals surface area contributed by atoms with E-state index in [2.05, 4.69) is 15.2 Å². The van der Waals surface area contributed by atoms with E-state index in [1.54, 1.807) is 0 Å². The van der Waals surface area contributed by atoms with E-state index in [1.165, 1.54) is 6.07 Å². The van der Waals surface area contributed by atoms with E-state index in [9.17, 15) is 14.9 Å². The fourth-order valence-electron chi connectivity index (χ4n) is 2.03. The monoisotopic (exact) mass is 312 g/mol. The van der Waals surface area contributed by atoms with Crippen molar-refractivity contribution in [3.8, 4) is 0 Å². The van der Waals surface area contributed by atoms with Crippen molar-refractivity contribution in [1.82, 2.24) is 9.88 Å². The summed E-state index contributed by atoms with van der Waals surface area (Å²) in [6.45, 7) is 3.54. The molecule has 0 aliphatic carbocycles. The summed E-state index contributed by atoms with van der Waals surface area (Å²) in [5.41, 5.74) is -0.854. The number of aromatic carboxylic acids is 1. The number of thioether (sulfide) groups is 1. The van der Waals surface area contributed by atoms with E-state index in [1.807, 2.05) is 11.8 Å². The fourth-order valence-corrected chi connectivity index (χ4v) is 3.01. The van der Waals surface area contributed by atoms with Crippen molar-refractivity contribution in [2.24, 2.45) is 0 Å². The molecule has 2 rings (SSSR count). The second-order valence-electron chi connectivity index (χ2n) is 4.53. The van der Waals surface area contributed by atoms with Gasteiger partial charge in [0, 0.05) is 43.8 Å². The van der Waals surface area contributed by atoms with Crippen molar-refractivity contribution < 1.29 is 14.8 Å². The summed E-state index contributed by atoms with van der Waals surface area (Å²) < 4.78 is 0.